The van der Waals surface area contributed by atoms with Crippen LogP contribution < -0.4 is 9.80 Å². The monoisotopic (exact) mass is 334 g/mol. The minimum Gasteiger partial charge on any atom is -0.381 e. The zero-order valence-electron chi connectivity index (χ0n) is 15.0. The molecule has 2 aliphatic rings. The Labute approximate surface area is 145 Å². The van der Waals surface area contributed by atoms with Crippen molar-refractivity contribution in [3.8, 4) is 0 Å². The van der Waals surface area contributed by atoms with Gasteiger partial charge in [-0.25, -0.2) is 9.97 Å². The van der Waals surface area contributed by atoms with Crippen LogP contribution in [0.1, 0.15) is 25.7 Å². The standard InChI is InChI=1S/C18H30N4O2/c1-21(10-15-5-3-7-23-12-15)17-9-18(20-14-19-17)22(2)11-16-6-4-8-24-13-16/h9,14-16H,3-8,10-13H2,1-2H3/t15-,16+. The van der Waals surface area contributed by atoms with Crippen LogP contribution in [-0.2, 0) is 9.47 Å². The van der Waals surface area contributed by atoms with E-state index in [0.717, 1.165) is 51.2 Å². The molecule has 6 heteroatoms. The Morgan fingerprint density at radius 3 is 1.83 bits per heavy atom. The quantitative estimate of drug-likeness (QED) is 0.795. The molecule has 1 aromatic heterocycles. The topological polar surface area (TPSA) is 50.7 Å². The molecule has 134 valence electrons. The summed E-state index contributed by atoms with van der Waals surface area (Å²) in [5, 5.41) is 0. The maximum Gasteiger partial charge on any atom is 0.133 e. The highest BCUT2D eigenvalue weighted by molar-refractivity contribution is 5.49. The Bertz CT molecular complexity index is 460. The van der Waals surface area contributed by atoms with E-state index in [4.69, 9.17) is 9.47 Å². The molecule has 0 spiro atoms. The first kappa shape index (κ1) is 17.4. The number of rotatable bonds is 6. The van der Waals surface area contributed by atoms with Gasteiger partial charge >= 0.3 is 0 Å². The van der Waals surface area contributed by atoms with Crippen molar-refractivity contribution in [3.63, 3.8) is 0 Å². The molecule has 2 aliphatic heterocycles. The van der Waals surface area contributed by atoms with Gasteiger partial charge in [0.15, 0.2) is 0 Å². The first-order valence-corrected chi connectivity index (χ1v) is 9.12. The molecule has 0 bridgehead atoms. The molecule has 2 fully saturated rings. The van der Waals surface area contributed by atoms with E-state index in [1.54, 1.807) is 6.33 Å². The number of aromatic nitrogens is 2. The van der Waals surface area contributed by atoms with Gasteiger partial charge in [-0.1, -0.05) is 0 Å². The molecule has 2 atom stereocenters. The predicted octanol–water partition coefficient (Wildman–Crippen LogP) is 2.20. The zero-order valence-corrected chi connectivity index (χ0v) is 15.0. The summed E-state index contributed by atoms with van der Waals surface area (Å²) in [4.78, 5) is 13.4. The van der Waals surface area contributed by atoms with Gasteiger partial charge in [-0.2, -0.15) is 0 Å². The van der Waals surface area contributed by atoms with Crippen LogP contribution in [-0.4, -0.2) is 63.6 Å². The number of hydrogen-bond donors (Lipinski definition) is 0. The molecule has 0 unspecified atom stereocenters. The summed E-state index contributed by atoms with van der Waals surface area (Å²) < 4.78 is 11.2. The maximum atomic E-state index is 5.59. The first-order valence-electron chi connectivity index (χ1n) is 9.12. The number of anilines is 2. The van der Waals surface area contributed by atoms with Gasteiger partial charge in [-0.3, -0.25) is 0 Å². The Morgan fingerprint density at radius 1 is 0.917 bits per heavy atom. The molecule has 6 nitrogen and oxygen atoms in total. The van der Waals surface area contributed by atoms with Crippen molar-refractivity contribution >= 4 is 11.6 Å². The number of ether oxygens (including phenoxy) is 2. The van der Waals surface area contributed by atoms with Crippen molar-refractivity contribution in [2.45, 2.75) is 25.7 Å². The maximum absolute atomic E-state index is 5.59. The molecule has 0 saturated carbocycles. The summed E-state index contributed by atoms with van der Waals surface area (Å²) in [6, 6.07) is 2.09. The zero-order chi connectivity index (χ0) is 16.8. The highest BCUT2D eigenvalue weighted by Crippen LogP contribution is 2.22. The molecule has 0 aromatic carbocycles. The second kappa shape index (κ2) is 8.62. The summed E-state index contributed by atoms with van der Waals surface area (Å²) in [5.41, 5.74) is 0. The van der Waals surface area contributed by atoms with Crippen molar-refractivity contribution < 1.29 is 9.47 Å². The van der Waals surface area contributed by atoms with Gasteiger partial charge in [0.2, 0.25) is 0 Å². The summed E-state index contributed by atoms with van der Waals surface area (Å²) >= 11 is 0. The molecule has 0 aliphatic carbocycles. The van der Waals surface area contributed by atoms with Crippen LogP contribution in [0.3, 0.4) is 0 Å². The summed E-state index contributed by atoms with van der Waals surface area (Å²) in [6.45, 7) is 5.52. The van der Waals surface area contributed by atoms with Crippen molar-refractivity contribution in [3.05, 3.63) is 12.4 Å². The fraction of sp³-hybridized carbons (Fsp3) is 0.778. The highest BCUT2D eigenvalue weighted by Gasteiger charge is 2.19. The van der Waals surface area contributed by atoms with Crippen LogP contribution in [0.2, 0.25) is 0 Å². The largest absolute Gasteiger partial charge is 0.381 e. The third-order valence-corrected chi connectivity index (χ3v) is 4.99. The molecule has 1 aromatic rings. The fourth-order valence-corrected chi connectivity index (χ4v) is 3.62. The van der Waals surface area contributed by atoms with E-state index < -0.39 is 0 Å². The van der Waals surface area contributed by atoms with Crippen LogP contribution in [0.15, 0.2) is 12.4 Å². The third-order valence-electron chi connectivity index (χ3n) is 4.99. The Balaban J connectivity index is 1.57. The smallest absolute Gasteiger partial charge is 0.133 e. The molecule has 3 heterocycles. The lowest BCUT2D eigenvalue weighted by Gasteiger charge is -2.29. The van der Waals surface area contributed by atoms with E-state index in [0.29, 0.717) is 11.8 Å². The molecule has 0 amide bonds. The summed E-state index contributed by atoms with van der Waals surface area (Å²) in [7, 11) is 4.21. The number of nitrogens with zero attached hydrogens (tertiary/aromatic N) is 4. The van der Waals surface area contributed by atoms with E-state index in [1.165, 1.54) is 25.7 Å². The molecule has 2 saturated heterocycles. The van der Waals surface area contributed by atoms with Gasteiger partial charge in [-0.05, 0) is 37.5 Å². The lowest BCUT2D eigenvalue weighted by atomic mass is 10.0. The molecule has 0 N–H and O–H groups in total. The van der Waals surface area contributed by atoms with E-state index in [9.17, 15) is 0 Å². The van der Waals surface area contributed by atoms with Crippen molar-refractivity contribution in [1.82, 2.24) is 9.97 Å². The van der Waals surface area contributed by atoms with Crippen LogP contribution in [0.4, 0.5) is 11.6 Å². The van der Waals surface area contributed by atoms with Gasteiger partial charge in [0.1, 0.15) is 18.0 Å². The van der Waals surface area contributed by atoms with E-state index in [-0.39, 0.29) is 0 Å². The first-order chi connectivity index (χ1) is 11.7. The Morgan fingerprint density at radius 2 is 1.42 bits per heavy atom. The molecular weight excluding hydrogens is 304 g/mol. The fourth-order valence-electron chi connectivity index (χ4n) is 3.62. The van der Waals surface area contributed by atoms with E-state index in [2.05, 4.69) is 39.9 Å². The van der Waals surface area contributed by atoms with Crippen LogP contribution in [0, 0.1) is 11.8 Å². The molecule has 3 rings (SSSR count). The minimum absolute atomic E-state index is 0.597. The average Bonchev–Trinajstić information content (AvgIpc) is 2.63. The van der Waals surface area contributed by atoms with Crippen molar-refractivity contribution in [2.24, 2.45) is 11.8 Å². The van der Waals surface area contributed by atoms with Crippen LogP contribution in [0.25, 0.3) is 0 Å². The molecule has 24 heavy (non-hydrogen) atoms. The summed E-state index contributed by atoms with van der Waals surface area (Å²) in [5.74, 6) is 3.16. The molecule has 0 radical (unpaired) electrons. The van der Waals surface area contributed by atoms with E-state index in [1.807, 2.05) is 0 Å². The number of hydrogen-bond acceptors (Lipinski definition) is 6. The predicted molar refractivity (Wildman–Crippen MR) is 95.7 cm³/mol. The van der Waals surface area contributed by atoms with Gasteiger partial charge in [0.25, 0.3) is 0 Å². The SMILES string of the molecule is CN(C[C@@H]1CCCOC1)c1cc(N(C)C[C@H]2CCCOC2)ncn1. The minimum atomic E-state index is 0.597. The lowest BCUT2D eigenvalue weighted by molar-refractivity contribution is 0.0575. The second-order valence-electron chi connectivity index (χ2n) is 7.16. The van der Waals surface area contributed by atoms with Crippen LogP contribution >= 0.6 is 0 Å². The Kier molecular flexibility index (Phi) is 6.26. The van der Waals surface area contributed by atoms with Gasteiger partial charge in [0, 0.05) is 46.5 Å². The average molecular weight is 334 g/mol. The highest BCUT2D eigenvalue weighted by atomic mass is 16.5. The second-order valence-corrected chi connectivity index (χ2v) is 7.16. The van der Waals surface area contributed by atoms with Gasteiger partial charge < -0.3 is 19.3 Å². The normalized spacial score (nSPS) is 24.6. The Hall–Kier alpha value is -1.40. The summed E-state index contributed by atoms with van der Waals surface area (Å²) in [6.07, 6.45) is 6.49. The van der Waals surface area contributed by atoms with E-state index >= 15 is 0 Å². The third kappa shape index (κ3) is 4.80. The van der Waals surface area contributed by atoms with Crippen LogP contribution in [0.5, 0.6) is 0 Å². The van der Waals surface area contributed by atoms with Gasteiger partial charge in [-0.15, -0.1) is 0 Å². The van der Waals surface area contributed by atoms with Crippen molar-refractivity contribution in [1.29, 1.82) is 0 Å². The lowest BCUT2D eigenvalue weighted by Crippen LogP contribution is -2.33. The molecular formula is C18H30N4O2. The van der Waals surface area contributed by atoms with Gasteiger partial charge in [0.05, 0.1) is 13.2 Å². The van der Waals surface area contributed by atoms with Crippen molar-refractivity contribution in [2.75, 3.05) is 63.4 Å².